The molecular formula is C21H23NO5. The molecule has 2 aromatic carbocycles. The number of β-lactam (4-membered cyclic amide) rings is 1. The van der Waals surface area contributed by atoms with Crippen LogP contribution in [0.5, 0.6) is 23.0 Å². The highest BCUT2D eigenvalue weighted by atomic mass is 16.5. The van der Waals surface area contributed by atoms with Crippen molar-refractivity contribution < 1.29 is 23.7 Å². The predicted molar refractivity (Wildman–Crippen MR) is 103 cm³/mol. The van der Waals surface area contributed by atoms with Gasteiger partial charge in [0.25, 0.3) is 0 Å². The summed E-state index contributed by atoms with van der Waals surface area (Å²) in [5.74, 6) is 1.92. The Kier molecular flexibility index (Phi) is 5.26. The molecule has 0 radical (unpaired) electrons. The highest BCUT2D eigenvalue weighted by Crippen LogP contribution is 2.48. The van der Waals surface area contributed by atoms with Gasteiger partial charge in [-0.1, -0.05) is 18.2 Å². The second kappa shape index (κ2) is 7.61. The maximum atomic E-state index is 12.8. The molecule has 1 fully saturated rings. The lowest BCUT2D eigenvalue weighted by Gasteiger charge is -2.46. The lowest BCUT2D eigenvalue weighted by Crippen LogP contribution is -2.54. The van der Waals surface area contributed by atoms with Gasteiger partial charge in [0.05, 0.1) is 46.1 Å². The van der Waals surface area contributed by atoms with Crippen LogP contribution in [0.15, 0.2) is 49.1 Å². The van der Waals surface area contributed by atoms with Crippen LogP contribution in [0.4, 0.5) is 5.69 Å². The molecule has 142 valence electrons. The topological polar surface area (TPSA) is 57.2 Å². The lowest BCUT2D eigenvalue weighted by atomic mass is 9.82. The first-order valence-corrected chi connectivity index (χ1v) is 8.49. The van der Waals surface area contributed by atoms with E-state index in [0.29, 0.717) is 22.9 Å². The van der Waals surface area contributed by atoms with Crippen molar-refractivity contribution in [2.24, 2.45) is 5.92 Å². The van der Waals surface area contributed by atoms with Crippen LogP contribution >= 0.6 is 0 Å². The number of nitrogens with zero attached hydrogens (tertiary/aromatic N) is 1. The van der Waals surface area contributed by atoms with Crippen molar-refractivity contribution in [2.75, 3.05) is 33.3 Å². The first-order chi connectivity index (χ1) is 13.1. The van der Waals surface area contributed by atoms with E-state index >= 15 is 0 Å². The molecule has 1 amide bonds. The minimum atomic E-state index is -0.294. The fraction of sp³-hybridized carbons (Fsp3) is 0.286. The third-order valence-electron chi connectivity index (χ3n) is 4.78. The van der Waals surface area contributed by atoms with E-state index in [-0.39, 0.29) is 17.9 Å². The van der Waals surface area contributed by atoms with Crippen molar-refractivity contribution in [3.8, 4) is 23.0 Å². The van der Waals surface area contributed by atoms with Crippen molar-refractivity contribution >= 4 is 11.6 Å². The number of methoxy groups -OCH3 is 4. The van der Waals surface area contributed by atoms with E-state index < -0.39 is 0 Å². The number of hydrogen-bond acceptors (Lipinski definition) is 5. The van der Waals surface area contributed by atoms with E-state index in [4.69, 9.17) is 18.9 Å². The molecule has 1 saturated heterocycles. The third kappa shape index (κ3) is 3.07. The number of benzene rings is 2. The lowest BCUT2D eigenvalue weighted by molar-refractivity contribution is -0.128. The summed E-state index contributed by atoms with van der Waals surface area (Å²) in [6.07, 6.45) is 1.69. The van der Waals surface area contributed by atoms with Crippen LogP contribution in [0, 0.1) is 5.92 Å². The normalized spacial score (nSPS) is 18.5. The molecule has 27 heavy (non-hydrogen) atoms. The monoisotopic (exact) mass is 369 g/mol. The number of rotatable bonds is 7. The Morgan fingerprint density at radius 2 is 1.52 bits per heavy atom. The standard InChI is InChI=1S/C21H23NO5/c1-6-16-19(13-7-9-15(24-2)10-8-13)22(21(16)23)14-11-17(25-3)20(27-5)18(12-14)26-4/h6-12,16,19H,1H2,2-5H3. The smallest absolute Gasteiger partial charge is 0.236 e. The van der Waals surface area contributed by atoms with E-state index in [1.807, 2.05) is 24.3 Å². The molecule has 0 aliphatic carbocycles. The molecule has 2 atom stereocenters. The quantitative estimate of drug-likeness (QED) is 0.551. The summed E-state index contributed by atoms with van der Waals surface area (Å²) < 4.78 is 21.4. The summed E-state index contributed by atoms with van der Waals surface area (Å²) in [4.78, 5) is 14.5. The highest BCUT2D eigenvalue weighted by molar-refractivity contribution is 6.04. The summed E-state index contributed by atoms with van der Waals surface area (Å²) in [6.45, 7) is 3.82. The van der Waals surface area contributed by atoms with Crippen LogP contribution in [0.1, 0.15) is 11.6 Å². The zero-order valence-corrected chi connectivity index (χ0v) is 15.9. The number of hydrogen-bond donors (Lipinski definition) is 0. The summed E-state index contributed by atoms with van der Waals surface area (Å²) in [5.41, 5.74) is 1.67. The maximum Gasteiger partial charge on any atom is 0.236 e. The Labute approximate surface area is 158 Å². The molecule has 0 bridgehead atoms. The summed E-state index contributed by atoms with van der Waals surface area (Å²) in [6, 6.07) is 11.1. The molecule has 6 nitrogen and oxygen atoms in total. The van der Waals surface area contributed by atoms with Crippen molar-refractivity contribution in [1.29, 1.82) is 0 Å². The van der Waals surface area contributed by atoms with Gasteiger partial charge in [0, 0.05) is 12.1 Å². The number of amides is 1. The number of ether oxygens (including phenoxy) is 4. The second-order valence-corrected chi connectivity index (χ2v) is 6.07. The Morgan fingerprint density at radius 3 is 1.96 bits per heavy atom. The molecule has 0 N–H and O–H groups in total. The van der Waals surface area contributed by atoms with Gasteiger partial charge in [-0.15, -0.1) is 6.58 Å². The van der Waals surface area contributed by atoms with Gasteiger partial charge in [-0.3, -0.25) is 4.79 Å². The average molecular weight is 369 g/mol. The molecule has 0 aromatic heterocycles. The molecule has 2 unspecified atom stereocenters. The maximum absolute atomic E-state index is 12.8. The fourth-order valence-corrected chi connectivity index (χ4v) is 3.39. The predicted octanol–water partition coefficient (Wildman–Crippen LogP) is 3.61. The van der Waals surface area contributed by atoms with Gasteiger partial charge in [0.15, 0.2) is 11.5 Å². The Morgan fingerprint density at radius 1 is 0.926 bits per heavy atom. The average Bonchev–Trinajstić information content (AvgIpc) is 2.71. The van der Waals surface area contributed by atoms with Crippen molar-refractivity contribution in [1.82, 2.24) is 0 Å². The zero-order chi connectivity index (χ0) is 19.6. The molecule has 2 aromatic rings. The van der Waals surface area contributed by atoms with Crippen LogP contribution < -0.4 is 23.8 Å². The van der Waals surface area contributed by atoms with Gasteiger partial charge in [-0.05, 0) is 17.7 Å². The second-order valence-electron chi connectivity index (χ2n) is 6.07. The van der Waals surface area contributed by atoms with E-state index in [9.17, 15) is 4.79 Å². The van der Waals surface area contributed by atoms with E-state index in [2.05, 4.69) is 6.58 Å². The van der Waals surface area contributed by atoms with Crippen LogP contribution in [-0.4, -0.2) is 34.3 Å². The molecule has 6 heteroatoms. The molecule has 0 saturated carbocycles. The van der Waals surface area contributed by atoms with E-state index in [0.717, 1.165) is 11.3 Å². The van der Waals surface area contributed by atoms with Gasteiger partial charge in [-0.25, -0.2) is 0 Å². The highest BCUT2D eigenvalue weighted by Gasteiger charge is 2.47. The third-order valence-corrected chi connectivity index (χ3v) is 4.78. The van der Waals surface area contributed by atoms with Crippen LogP contribution in [0.3, 0.4) is 0 Å². The van der Waals surface area contributed by atoms with Crippen LogP contribution in [0.2, 0.25) is 0 Å². The van der Waals surface area contributed by atoms with Crippen LogP contribution in [0.25, 0.3) is 0 Å². The number of carbonyl (C=O) groups is 1. The number of anilines is 1. The van der Waals surface area contributed by atoms with E-state index in [1.54, 1.807) is 51.5 Å². The first kappa shape index (κ1) is 18.6. The van der Waals surface area contributed by atoms with Gasteiger partial charge < -0.3 is 23.8 Å². The minimum absolute atomic E-state index is 0.0277. The Balaban J connectivity index is 2.05. The summed E-state index contributed by atoms with van der Waals surface area (Å²) in [7, 11) is 6.26. The fourth-order valence-electron chi connectivity index (χ4n) is 3.39. The first-order valence-electron chi connectivity index (χ1n) is 8.49. The van der Waals surface area contributed by atoms with Crippen LogP contribution in [-0.2, 0) is 4.79 Å². The molecule has 0 spiro atoms. The largest absolute Gasteiger partial charge is 0.497 e. The SMILES string of the molecule is C=CC1C(=O)N(c2cc(OC)c(OC)c(OC)c2)C1c1ccc(OC)cc1. The minimum Gasteiger partial charge on any atom is -0.497 e. The van der Waals surface area contributed by atoms with Gasteiger partial charge in [0.1, 0.15) is 5.75 Å². The van der Waals surface area contributed by atoms with Crippen molar-refractivity contribution in [3.05, 3.63) is 54.6 Å². The summed E-state index contributed by atoms with van der Waals surface area (Å²) in [5, 5.41) is 0. The Bertz CT molecular complexity index is 821. The van der Waals surface area contributed by atoms with E-state index in [1.165, 1.54) is 0 Å². The molecular weight excluding hydrogens is 346 g/mol. The van der Waals surface area contributed by atoms with Gasteiger partial charge in [-0.2, -0.15) is 0 Å². The molecule has 3 rings (SSSR count). The molecule has 1 heterocycles. The Hall–Kier alpha value is -3.15. The van der Waals surface area contributed by atoms with Crippen molar-refractivity contribution in [2.45, 2.75) is 6.04 Å². The van der Waals surface area contributed by atoms with Crippen molar-refractivity contribution in [3.63, 3.8) is 0 Å². The molecule has 1 aliphatic rings. The molecule has 1 aliphatic heterocycles. The van der Waals surface area contributed by atoms with Gasteiger partial charge >= 0.3 is 0 Å². The zero-order valence-electron chi connectivity index (χ0n) is 15.9. The summed E-state index contributed by atoms with van der Waals surface area (Å²) >= 11 is 0. The van der Waals surface area contributed by atoms with Gasteiger partial charge in [0.2, 0.25) is 11.7 Å². The number of carbonyl (C=O) groups excluding carboxylic acids is 1.